The molecule has 0 saturated heterocycles. The van der Waals surface area contributed by atoms with E-state index in [4.69, 9.17) is 23.2 Å². The van der Waals surface area contributed by atoms with Crippen LogP contribution in [0, 0.1) is 0 Å². The van der Waals surface area contributed by atoms with Crippen molar-refractivity contribution in [3.05, 3.63) is 33.8 Å². The molecule has 9 heteroatoms. The maximum atomic E-state index is 6.08. The highest BCUT2D eigenvalue weighted by atomic mass is 35.5. The lowest BCUT2D eigenvalue weighted by atomic mass is 10.2. The molecule has 23 heavy (non-hydrogen) atoms. The standard InChI is InChI=1S/C14H17Cl2N7/c1-3-17-12-20-13(18-4-2)22-14(21-12)23-19-8-9-10(15)6-5-7-11(9)16/h5-8H,3-4H2,1-2H3,(H3,17,18,20,21,22,23)/b19-8+. The van der Waals surface area contributed by atoms with E-state index in [1.807, 2.05) is 13.8 Å². The van der Waals surface area contributed by atoms with Crippen LogP contribution in [0.15, 0.2) is 23.3 Å². The third-order valence-corrected chi connectivity index (χ3v) is 3.32. The third kappa shape index (κ3) is 4.94. The first-order valence-corrected chi connectivity index (χ1v) is 7.86. The highest BCUT2D eigenvalue weighted by molar-refractivity contribution is 6.38. The number of rotatable bonds is 7. The van der Waals surface area contributed by atoms with Gasteiger partial charge in [0.1, 0.15) is 0 Å². The molecule has 0 spiro atoms. The van der Waals surface area contributed by atoms with Crippen molar-refractivity contribution in [3.63, 3.8) is 0 Å². The van der Waals surface area contributed by atoms with E-state index in [0.717, 1.165) is 0 Å². The van der Waals surface area contributed by atoms with Crippen LogP contribution in [0.25, 0.3) is 0 Å². The molecule has 0 bridgehead atoms. The zero-order valence-corrected chi connectivity index (χ0v) is 14.3. The van der Waals surface area contributed by atoms with Gasteiger partial charge in [0.15, 0.2) is 0 Å². The lowest BCUT2D eigenvalue weighted by molar-refractivity contribution is 0.992. The van der Waals surface area contributed by atoms with E-state index in [1.54, 1.807) is 18.2 Å². The van der Waals surface area contributed by atoms with Gasteiger partial charge >= 0.3 is 0 Å². The van der Waals surface area contributed by atoms with Gasteiger partial charge in [0.05, 0.1) is 16.3 Å². The quantitative estimate of drug-likeness (QED) is 0.521. The highest BCUT2D eigenvalue weighted by Crippen LogP contribution is 2.22. The van der Waals surface area contributed by atoms with Gasteiger partial charge in [-0.15, -0.1) is 0 Å². The lowest BCUT2D eigenvalue weighted by Crippen LogP contribution is -2.10. The van der Waals surface area contributed by atoms with Crippen molar-refractivity contribution >= 4 is 47.3 Å². The predicted octanol–water partition coefficient (Wildman–Crippen LogP) is 3.49. The van der Waals surface area contributed by atoms with Gasteiger partial charge in [-0.1, -0.05) is 29.3 Å². The van der Waals surface area contributed by atoms with Gasteiger partial charge in [0.25, 0.3) is 0 Å². The fourth-order valence-electron chi connectivity index (χ4n) is 1.69. The van der Waals surface area contributed by atoms with Crippen LogP contribution in [-0.2, 0) is 0 Å². The van der Waals surface area contributed by atoms with Crippen LogP contribution >= 0.6 is 23.2 Å². The molecule has 7 nitrogen and oxygen atoms in total. The van der Waals surface area contributed by atoms with E-state index in [1.165, 1.54) is 6.21 Å². The van der Waals surface area contributed by atoms with Crippen LogP contribution in [0.5, 0.6) is 0 Å². The molecule has 1 heterocycles. The molecule has 0 radical (unpaired) electrons. The summed E-state index contributed by atoms with van der Waals surface area (Å²) in [5.41, 5.74) is 3.38. The molecule has 0 aliphatic carbocycles. The van der Waals surface area contributed by atoms with Crippen molar-refractivity contribution in [1.29, 1.82) is 0 Å². The van der Waals surface area contributed by atoms with Crippen molar-refractivity contribution in [2.45, 2.75) is 13.8 Å². The van der Waals surface area contributed by atoms with Gasteiger partial charge in [0, 0.05) is 18.7 Å². The van der Waals surface area contributed by atoms with Crippen LogP contribution in [0.1, 0.15) is 19.4 Å². The molecular formula is C14H17Cl2N7. The molecule has 1 aromatic heterocycles. The Morgan fingerprint density at radius 2 is 1.48 bits per heavy atom. The summed E-state index contributed by atoms with van der Waals surface area (Å²) in [6.07, 6.45) is 1.52. The normalized spacial score (nSPS) is 10.8. The molecular weight excluding hydrogens is 337 g/mol. The summed E-state index contributed by atoms with van der Waals surface area (Å²) in [5.74, 6) is 1.24. The summed E-state index contributed by atoms with van der Waals surface area (Å²) in [6, 6.07) is 5.25. The molecule has 0 aliphatic heterocycles. The summed E-state index contributed by atoms with van der Waals surface area (Å²) in [5, 5.41) is 11.2. The first kappa shape index (κ1) is 17.2. The Hall–Kier alpha value is -2.12. The van der Waals surface area contributed by atoms with Crippen LogP contribution < -0.4 is 16.1 Å². The number of benzene rings is 1. The second-order valence-electron chi connectivity index (χ2n) is 4.37. The minimum absolute atomic E-state index is 0.311. The largest absolute Gasteiger partial charge is 0.354 e. The van der Waals surface area contributed by atoms with E-state index < -0.39 is 0 Å². The topological polar surface area (TPSA) is 87.1 Å². The molecule has 0 unspecified atom stereocenters. The molecule has 122 valence electrons. The van der Waals surface area contributed by atoms with Gasteiger partial charge in [-0.3, -0.25) is 0 Å². The molecule has 0 amide bonds. The number of hydrazone groups is 1. The predicted molar refractivity (Wildman–Crippen MR) is 95.8 cm³/mol. The number of halogens is 2. The minimum atomic E-state index is 0.311. The molecule has 1 aromatic carbocycles. The Morgan fingerprint density at radius 3 is 2.00 bits per heavy atom. The second kappa shape index (κ2) is 8.50. The Bertz CT molecular complexity index is 646. The smallest absolute Gasteiger partial charge is 0.250 e. The molecule has 0 fully saturated rings. The molecule has 2 aromatic rings. The Labute approximate surface area is 144 Å². The highest BCUT2D eigenvalue weighted by Gasteiger charge is 2.05. The van der Waals surface area contributed by atoms with Crippen LogP contribution in [0.3, 0.4) is 0 Å². The molecule has 0 saturated carbocycles. The molecule has 0 aliphatic rings. The maximum Gasteiger partial charge on any atom is 0.250 e. The molecule has 2 rings (SSSR count). The number of anilines is 3. The fraction of sp³-hybridized carbons (Fsp3) is 0.286. The van der Waals surface area contributed by atoms with Crippen molar-refractivity contribution in [2.24, 2.45) is 5.10 Å². The van der Waals surface area contributed by atoms with Crippen molar-refractivity contribution in [1.82, 2.24) is 15.0 Å². The van der Waals surface area contributed by atoms with Gasteiger partial charge in [-0.2, -0.15) is 20.1 Å². The zero-order chi connectivity index (χ0) is 16.7. The zero-order valence-electron chi connectivity index (χ0n) is 12.8. The number of hydrogen-bond acceptors (Lipinski definition) is 7. The van der Waals surface area contributed by atoms with Gasteiger partial charge in [-0.05, 0) is 26.0 Å². The van der Waals surface area contributed by atoms with Crippen molar-refractivity contribution < 1.29 is 0 Å². The van der Waals surface area contributed by atoms with E-state index >= 15 is 0 Å². The van der Waals surface area contributed by atoms with E-state index in [0.29, 0.717) is 46.5 Å². The Kier molecular flexibility index (Phi) is 6.37. The lowest BCUT2D eigenvalue weighted by Gasteiger charge is -2.07. The third-order valence-electron chi connectivity index (χ3n) is 2.66. The van der Waals surface area contributed by atoms with E-state index in [-0.39, 0.29) is 0 Å². The van der Waals surface area contributed by atoms with Gasteiger partial charge in [-0.25, -0.2) is 5.43 Å². The average Bonchev–Trinajstić information content (AvgIpc) is 2.51. The Morgan fingerprint density at radius 1 is 0.957 bits per heavy atom. The summed E-state index contributed by atoms with van der Waals surface area (Å²) in [4.78, 5) is 12.7. The number of nitrogens with zero attached hydrogens (tertiary/aromatic N) is 4. The maximum absolute atomic E-state index is 6.08. The summed E-state index contributed by atoms with van der Waals surface area (Å²) in [6.45, 7) is 5.32. The average molecular weight is 354 g/mol. The van der Waals surface area contributed by atoms with Gasteiger partial charge in [0.2, 0.25) is 17.8 Å². The summed E-state index contributed by atoms with van der Waals surface area (Å²) in [7, 11) is 0. The van der Waals surface area contributed by atoms with E-state index in [2.05, 4.69) is 36.1 Å². The molecule has 3 N–H and O–H groups in total. The van der Waals surface area contributed by atoms with E-state index in [9.17, 15) is 0 Å². The van der Waals surface area contributed by atoms with Crippen LogP contribution in [-0.4, -0.2) is 34.3 Å². The fourth-order valence-corrected chi connectivity index (χ4v) is 2.18. The summed E-state index contributed by atoms with van der Waals surface area (Å²) < 4.78 is 0. The van der Waals surface area contributed by atoms with Crippen molar-refractivity contribution in [3.8, 4) is 0 Å². The SMILES string of the molecule is CCNc1nc(NCC)nc(N/N=C/c2c(Cl)cccc2Cl)n1. The van der Waals surface area contributed by atoms with Crippen LogP contribution in [0.4, 0.5) is 17.8 Å². The Balaban J connectivity index is 2.17. The number of aromatic nitrogens is 3. The first-order chi connectivity index (χ1) is 11.1. The van der Waals surface area contributed by atoms with Crippen molar-refractivity contribution in [2.75, 3.05) is 29.1 Å². The monoisotopic (exact) mass is 353 g/mol. The summed E-state index contributed by atoms with van der Waals surface area (Å²) >= 11 is 12.2. The number of nitrogens with one attached hydrogen (secondary N) is 3. The second-order valence-corrected chi connectivity index (χ2v) is 5.19. The molecule has 0 atom stereocenters. The minimum Gasteiger partial charge on any atom is -0.354 e. The van der Waals surface area contributed by atoms with Gasteiger partial charge < -0.3 is 10.6 Å². The first-order valence-electron chi connectivity index (χ1n) is 7.11. The number of hydrogen-bond donors (Lipinski definition) is 3. The van der Waals surface area contributed by atoms with Crippen LogP contribution in [0.2, 0.25) is 10.0 Å².